The minimum absolute atomic E-state index is 0.176. The van der Waals surface area contributed by atoms with Crippen molar-refractivity contribution in [2.45, 2.75) is 26.7 Å². The van der Waals surface area contributed by atoms with Crippen LogP contribution in [-0.4, -0.2) is 5.78 Å². The number of Topliss-reactive ketones (excluding diaryl/α,β-unsaturated/α-hetero) is 1. The monoisotopic (exact) mass is 160 g/mol. The average Bonchev–Trinajstić information content (AvgIpc) is 2.06. The van der Waals surface area contributed by atoms with Crippen LogP contribution in [0.25, 0.3) is 0 Å². The Hall–Kier alpha value is -1.29. The molecule has 1 heteroatoms. The molecule has 0 fully saturated rings. The molecule has 0 aromatic heterocycles. The van der Waals surface area contributed by atoms with E-state index >= 15 is 0 Å². The van der Waals surface area contributed by atoms with Gasteiger partial charge in [-0.25, -0.2) is 0 Å². The predicted molar refractivity (Wildman–Crippen MR) is 49.5 cm³/mol. The van der Waals surface area contributed by atoms with E-state index in [0.29, 0.717) is 0 Å². The summed E-state index contributed by atoms with van der Waals surface area (Å²) in [5.74, 6) is 6.02. The summed E-state index contributed by atoms with van der Waals surface area (Å²) in [5.41, 5.74) is 2.04. The minimum atomic E-state index is 0.176. The maximum atomic E-state index is 10.9. The molecule has 0 bridgehead atoms. The van der Waals surface area contributed by atoms with Crippen molar-refractivity contribution in [2.24, 2.45) is 0 Å². The Morgan fingerprint density at radius 1 is 1.42 bits per heavy atom. The Morgan fingerprint density at radius 2 is 2.17 bits per heavy atom. The van der Waals surface area contributed by atoms with Crippen molar-refractivity contribution < 1.29 is 4.79 Å². The van der Waals surface area contributed by atoms with Crippen molar-refractivity contribution in [1.82, 2.24) is 0 Å². The fraction of sp³-hybridized carbons (Fsp3) is 0.364. The first-order valence-corrected chi connectivity index (χ1v) is 4.07. The smallest absolute Gasteiger partial charge is 0.155 e. The third-order valence-electron chi connectivity index (χ3n) is 1.89. The highest BCUT2D eigenvalue weighted by Gasteiger charge is 2.07. The zero-order valence-electron chi connectivity index (χ0n) is 7.48. The van der Waals surface area contributed by atoms with Crippen molar-refractivity contribution in [2.75, 3.05) is 0 Å². The topological polar surface area (TPSA) is 17.1 Å². The van der Waals surface area contributed by atoms with E-state index < -0.39 is 0 Å². The van der Waals surface area contributed by atoms with E-state index in [-0.39, 0.29) is 5.78 Å². The lowest BCUT2D eigenvalue weighted by Gasteiger charge is -2.07. The molecule has 0 spiro atoms. The summed E-state index contributed by atoms with van der Waals surface area (Å²) in [6.45, 7) is 3.43. The van der Waals surface area contributed by atoms with Gasteiger partial charge in [-0.2, -0.15) is 0 Å². The number of rotatable bonds is 1. The van der Waals surface area contributed by atoms with Crippen LogP contribution in [0, 0.1) is 11.8 Å². The predicted octanol–water partition coefficient (Wildman–Crippen LogP) is 2.25. The molecule has 0 aromatic carbocycles. The van der Waals surface area contributed by atoms with Crippen LogP contribution in [0.2, 0.25) is 0 Å². The van der Waals surface area contributed by atoms with Gasteiger partial charge in [-0.3, -0.25) is 4.79 Å². The van der Waals surface area contributed by atoms with Crippen LogP contribution in [0.1, 0.15) is 26.7 Å². The van der Waals surface area contributed by atoms with Crippen LogP contribution in [0.3, 0.4) is 0 Å². The van der Waals surface area contributed by atoms with Gasteiger partial charge in [0.2, 0.25) is 0 Å². The van der Waals surface area contributed by atoms with Gasteiger partial charge < -0.3 is 0 Å². The second-order valence-electron chi connectivity index (χ2n) is 2.81. The molecule has 1 aliphatic rings. The lowest BCUT2D eigenvalue weighted by Crippen LogP contribution is -2.00. The van der Waals surface area contributed by atoms with Crippen LogP contribution in [-0.2, 0) is 4.79 Å². The lowest BCUT2D eigenvalue weighted by atomic mass is 9.96. The van der Waals surface area contributed by atoms with Gasteiger partial charge in [0.1, 0.15) is 0 Å². The summed E-state index contributed by atoms with van der Waals surface area (Å²) in [6, 6.07) is 0. The third-order valence-corrected chi connectivity index (χ3v) is 1.89. The van der Waals surface area contributed by atoms with Crippen molar-refractivity contribution in [3.8, 4) is 11.8 Å². The molecule has 0 aromatic rings. The molecule has 0 N–H and O–H groups in total. The highest BCUT2D eigenvalue weighted by atomic mass is 16.1. The van der Waals surface area contributed by atoms with E-state index in [2.05, 4.69) is 11.8 Å². The van der Waals surface area contributed by atoms with Crippen molar-refractivity contribution in [3.63, 3.8) is 0 Å². The Bertz CT molecular complexity index is 308. The van der Waals surface area contributed by atoms with Crippen molar-refractivity contribution in [3.05, 3.63) is 23.3 Å². The summed E-state index contributed by atoms with van der Waals surface area (Å²) >= 11 is 0. The molecular formula is C11H12O. The normalized spacial score (nSPS) is 15.5. The van der Waals surface area contributed by atoms with Gasteiger partial charge in [0.15, 0.2) is 5.78 Å². The molecule has 1 nitrogen and oxygen atoms in total. The molecule has 0 heterocycles. The third kappa shape index (κ3) is 2.10. The number of hydrogen-bond donors (Lipinski definition) is 0. The fourth-order valence-corrected chi connectivity index (χ4v) is 1.20. The Kier molecular flexibility index (Phi) is 2.88. The Labute approximate surface area is 73.2 Å². The van der Waals surface area contributed by atoms with Crippen LogP contribution >= 0.6 is 0 Å². The van der Waals surface area contributed by atoms with Gasteiger partial charge in [0, 0.05) is 5.57 Å². The number of carbonyl (C=O) groups excluding carboxylic acids is 1. The first-order chi connectivity index (χ1) is 5.74. The van der Waals surface area contributed by atoms with Crippen LogP contribution in [0.15, 0.2) is 23.3 Å². The standard InChI is InChI=1S/C11H12O/c1-3-4-10-5-7-11(8-6-10)9(2)12/h5,7H,6,8H2,1-2H3. The number of allylic oxidation sites excluding steroid dienone is 4. The maximum absolute atomic E-state index is 10.9. The van der Waals surface area contributed by atoms with Gasteiger partial charge in [0.25, 0.3) is 0 Å². The van der Waals surface area contributed by atoms with Crippen molar-refractivity contribution >= 4 is 5.78 Å². The Balaban J connectivity index is 2.77. The second-order valence-corrected chi connectivity index (χ2v) is 2.81. The Morgan fingerprint density at radius 3 is 2.58 bits per heavy atom. The zero-order chi connectivity index (χ0) is 8.97. The van der Waals surface area contributed by atoms with Gasteiger partial charge in [-0.15, -0.1) is 5.92 Å². The summed E-state index contributed by atoms with van der Waals surface area (Å²) in [5, 5.41) is 0. The highest BCUT2D eigenvalue weighted by molar-refractivity contribution is 5.93. The quantitative estimate of drug-likeness (QED) is 0.538. The molecular weight excluding hydrogens is 148 g/mol. The molecule has 0 aliphatic heterocycles. The second kappa shape index (κ2) is 3.92. The van der Waals surface area contributed by atoms with Gasteiger partial charge in [0.05, 0.1) is 0 Å². The SMILES string of the molecule is CC#CC1=CC=C(C(C)=O)CC1. The molecule has 62 valence electrons. The average molecular weight is 160 g/mol. The van der Waals surface area contributed by atoms with E-state index in [9.17, 15) is 4.79 Å². The molecule has 1 rings (SSSR count). The summed E-state index contributed by atoms with van der Waals surface area (Å²) in [7, 11) is 0. The largest absolute Gasteiger partial charge is 0.295 e. The molecule has 0 unspecified atom stereocenters. The number of carbonyl (C=O) groups is 1. The number of ketones is 1. The lowest BCUT2D eigenvalue weighted by molar-refractivity contribution is -0.113. The molecule has 0 radical (unpaired) electrons. The van der Waals surface area contributed by atoms with Gasteiger partial charge in [-0.1, -0.05) is 18.1 Å². The van der Waals surface area contributed by atoms with Gasteiger partial charge >= 0.3 is 0 Å². The summed E-state index contributed by atoms with van der Waals surface area (Å²) in [4.78, 5) is 10.9. The fourth-order valence-electron chi connectivity index (χ4n) is 1.20. The van der Waals surface area contributed by atoms with E-state index in [1.807, 2.05) is 19.1 Å². The van der Waals surface area contributed by atoms with E-state index in [0.717, 1.165) is 24.0 Å². The molecule has 1 aliphatic carbocycles. The van der Waals surface area contributed by atoms with Gasteiger partial charge in [-0.05, 0) is 32.3 Å². The van der Waals surface area contributed by atoms with Crippen molar-refractivity contribution in [1.29, 1.82) is 0 Å². The van der Waals surface area contributed by atoms with Crippen LogP contribution in [0.4, 0.5) is 0 Å². The summed E-state index contributed by atoms with van der Waals surface area (Å²) in [6.07, 6.45) is 5.57. The van der Waals surface area contributed by atoms with E-state index in [4.69, 9.17) is 0 Å². The molecule has 12 heavy (non-hydrogen) atoms. The van der Waals surface area contributed by atoms with E-state index in [1.54, 1.807) is 6.92 Å². The van der Waals surface area contributed by atoms with E-state index in [1.165, 1.54) is 0 Å². The molecule has 0 saturated carbocycles. The zero-order valence-corrected chi connectivity index (χ0v) is 7.48. The minimum Gasteiger partial charge on any atom is -0.295 e. The highest BCUT2D eigenvalue weighted by Crippen LogP contribution is 2.17. The first kappa shape index (κ1) is 8.80. The summed E-state index contributed by atoms with van der Waals surface area (Å²) < 4.78 is 0. The molecule has 0 atom stereocenters. The molecule has 0 saturated heterocycles. The first-order valence-electron chi connectivity index (χ1n) is 4.07. The molecule has 0 amide bonds. The number of hydrogen-bond acceptors (Lipinski definition) is 1. The van der Waals surface area contributed by atoms with Crippen LogP contribution < -0.4 is 0 Å². The van der Waals surface area contributed by atoms with Crippen LogP contribution in [0.5, 0.6) is 0 Å². The maximum Gasteiger partial charge on any atom is 0.155 e.